The van der Waals surface area contributed by atoms with E-state index in [1.165, 1.54) is 18.0 Å². The maximum absolute atomic E-state index is 12.9. The summed E-state index contributed by atoms with van der Waals surface area (Å²) in [6.07, 6.45) is 2.30. The Morgan fingerprint density at radius 2 is 2.12 bits per heavy atom. The summed E-state index contributed by atoms with van der Waals surface area (Å²) in [6, 6.07) is 3.85. The van der Waals surface area contributed by atoms with Gasteiger partial charge in [-0.15, -0.1) is 0 Å². The van der Waals surface area contributed by atoms with Crippen molar-refractivity contribution in [2.75, 3.05) is 20.8 Å². The lowest BCUT2D eigenvalue weighted by molar-refractivity contribution is -0.385. The van der Waals surface area contributed by atoms with Crippen LogP contribution < -0.4 is 15.4 Å². The predicted molar refractivity (Wildman–Crippen MR) is 111 cm³/mol. The lowest BCUT2D eigenvalue weighted by atomic mass is 9.93. The molecule has 0 fully saturated rings. The number of carbonyl (C=O) groups is 2. The number of nitro groups is 1. The summed E-state index contributed by atoms with van der Waals surface area (Å²) in [5.74, 6) is -0.0348. The molecule has 1 atom stereocenters. The molecule has 0 saturated heterocycles. The maximum atomic E-state index is 12.9. The van der Waals surface area contributed by atoms with E-state index in [9.17, 15) is 19.7 Å². The Morgan fingerprint density at radius 1 is 1.34 bits per heavy atom. The van der Waals surface area contributed by atoms with Gasteiger partial charge in [0, 0.05) is 12.7 Å². The number of esters is 1. The van der Waals surface area contributed by atoms with Gasteiger partial charge >= 0.3 is 17.7 Å². The summed E-state index contributed by atoms with van der Waals surface area (Å²) in [6.45, 7) is 1.98. The molecule has 170 valence electrons. The van der Waals surface area contributed by atoms with Crippen molar-refractivity contribution >= 4 is 17.7 Å². The minimum Gasteiger partial charge on any atom is -0.496 e. The molecule has 2 N–H and O–H groups in total. The van der Waals surface area contributed by atoms with E-state index in [4.69, 9.17) is 14.2 Å². The van der Waals surface area contributed by atoms with Crippen LogP contribution in [0.15, 0.2) is 41.9 Å². The molecule has 2 heterocycles. The monoisotopic (exact) mass is 445 g/mol. The number of allylic oxidation sites excluding steroid dienone is 1. The third-order valence-corrected chi connectivity index (χ3v) is 4.74. The number of carbonyl (C=O) groups excluding carboxylic acids is 2. The standard InChI is InChI=1S/C20H23N5O7/c1-4-32-19(26)17-15(10-24-9-14(8-21-24)25(28)29)22-20(27)23-18(17)12-5-6-16(31-3)13(7-12)11-30-2/h5-9,18H,4,10-11H2,1-3H3,(H2,22,23,27)/t18-/m1/s1. The third-order valence-electron chi connectivity index (χ3n) is 4.74. The van der Waals surface area contributed by atoms with Crippen LogP contribution in [0.5, 0.6) is 5.75 Å². The van der Waals surface area contributed by atoms with Gasteiger partial charge in [0.25, 0.3) is 0 Å². The van der Waals surface area contributed by atoms with Crippen molar-refractivity contribution < 1.29 is 28.7 Å². The number of rotatable bonds is 9. The summed E-state index contributed by atoms with van der Waals surface area (Å²) >= 11 is 0. The maximum Gasteiger partial charge on any atom is 0.338 e. The molecule has 12 nitrogen and oxygen atoms in total. The number of amides is 2. The largest absolute Gasteiger partial charge is 0.496 e. The van der Waals surface area contributed by atoms with Crippen molar-refractivity contribution in [3.05, 3.63) is 63.1 Å². The second-order valence-electron chi connectivity index (χ2n) is 6.80. The van der Waals surface area contributed by atoms with Gasteiger partial charge in [0.15, 0.2) is 0 Å². The summed E-state index contributed by atoms with van der Waals surface area (Å²) in [5, 5.41) is 20.2. The first-order valence-corrected chi connectivity index (χ1v) is 9.68. The van der Waals surface area contributed by atoms with E-state index in [-0.39, 0.29) is 36.7 Å². The Morgan fingerprint density at radius 3 is 2.75 bits per heavy atom. The Bertz CT molecular complexity index is 1060. The second-order valence-corrected chi connectivity index (χ2v) is 6.80. The molecule has 0 saturated carbocycles. The van der Waals surface area contributed by atoms with Crippen molar-refractivity contribution in [1.82, 2.24) is 20.4 Å². The fourth-order valence-corrected chi connectivity index (χ4v) is 3.38. The molecule has 1 aromatic heterocycles. The molecule has 1 aromatic carbocycles. The van der Waals surface area contributed by atoms with Gasteiger partial charge in [0.1, 0.15) is 18.1 Å². The van der Waals surface area contributed by atoms with E-state index >= 15 is 0 Å². The number of methoxy groups -OCH3 is 2. The number of aromatic nitrogens is 2. The van der Waals surface area contributed by atoms with Gasteiger partial charge in [-0.1, -0.05) is 6.07 Å². The van der Waals surface area contributed by atoms with E-state index < -0.39 is 23.0 Å². The molecule has 2 aromatic rings. The molecule has 32 heavy (non-hydrogen) atoms. The van der Waals surface area contributed by atoms with Crippen LogP contribution in [0.4, 0.5) is 10.5 Å². The first-order valence-electron chi connectivity index (χ1n) is 9.68. The molecule has 0 radical (unpaired) electrons. The Kier molecular flexibility index (Phi) is 7.05. The molecule has 12 heteroatoms. The van der Waals surface area contributed by atoms with Gasteiger partial charge in [-0.05, 0) is 24.6 Å². The zero-order valence-corrected chi connectivity index (χ0v) is 17.8. The van der Waals surface area contributed by atoms with Crippen molar-refractivity contribution in [1.29, 1.82) is 0 Å². The van der Waals surface area contributed by atoms with Crippen LogP contribution in [0.1, 0.15) is 24.1 Å². The molecule has 1 aliphatic rings. The highest BCUT2D eigenvalue weighted by atomic mass is 16.6. The average molecular weight is 445 g/mol. The van der Waals surface area contributed by atoms with Crippen LogP contribution in [-0.2, 0) is 27.4 Å². The molecule has 0 bridgehead atoms. The van der Waals surface area contributed by atoms with E-state index in [0.717, 1.165) is 11.8 Å². The zero-order valence-electron chi connectivity index (χ0n) is 17.8. The predicted octanol–water partition coefficient (Wildman–Crippen LogP) is 1.82. The van der Waals surface area contributed by atoms with E-state index in [1.807, 2.05) is 0 Å². The lowest BCUT2D eigenvalue weighted by Gasteiger charge is -2.29. The minimum atomic E-state index is -0.829. The van der Waals surface area contributed by atoms with Gasteiger partial charge in [-0.2, -0.15) is 5.10 Å². The molecule has 0 aliphatic carbocycles. The Hall–Kier alpha value is -3.93. The number of hydrogen-bond acceptors (Lipinski definition) is 8. The molecule has 0 unspecified atom stereocenters. The van der Waals surface area contributed by atoms with Crippen molar-refractivity contribution in [3.8, 4) is 5.75 Å². The minimum absolute atomic E-state index is 0.0764. The van der Waals surface area contributed by atoms with Crippen molar-refractivity contribution in [2.45, 2.75) is 26.1 Å². The summed E-state index contributed by atoms with van der Waals surface area (Å²) in [4.78, 5) is 35.7. The molecular formula is C20H23N5O7. The van der Waals surface area contributed by atoms with Crippen molar-refractivity contribution in [3.63, 3.8) is 0 Å². The third kappa shape index (κ3) is 4.86. The van der Waals surface area contributed by atoms with Gasteiger partial charge in [-0.25, -0.2) is 9.59 Å². The van der Waals surface area contributed by atoms with E-state index in [2.05, 4.69) is 15.7 Å². The Balaban J connectivity index is 2.07. The number of urea groups is 1. The topological polar surface area (TPSA) is 147 Å². The number of hydrogen-bond donors (Lipinski definition) is 2. The van der Waals surface area contributed by atoms with Gasteiger partial charge in [0.2, 0.25) is 0 Å². The van der Waals surface area contributed by atoms with Gasteiger partial charge < -0.3 is 24.8 Å². The average Bonchev–Trinajstić information content (AvgIpc) is 3.22. The van der Waals surface area contributed by atoms with Crippen LogP contribution in [0, 0.1) is 10.1 Å². The van der Waals surface area contributed by atoms with E-state index in [0.29, 0.717) is 11.3 Å². The first-order chi connectivity index (χ1) is 15.4. The SMILES string of the molecule is CCOC(=O)C1=C(Cn2cc([N+](=O)[O-])cn2)NC(=O)N[C@@H]1c1ccc(OC)c(COC)c1. The second kappa shape index (κ2) is 9.92. The van der Waals surface area contributed by atoms with Crippen LogP contribution in [0.2, 0.25) is 0 Å². The highest BCUT2D eigenvalue weighted by molar-refractivity contribution is 5.95. The molecule has 3 rings (SSSR count). The van der Waals surface area contributed by atoms with Crippen LogP contribution >= 0.6 is 0 Å². The van der Waals surface area contributed by atoms with Crippen LogP contribution in [0.3, 0.4) is 0 Å². The molecule has 2 amide bonds. The molecule has 0 spiro atoms. The van der Waals surface area contributed by atoms with Crippen molar-refractivity contribution in [2.24, 2.45) is 0 Å². The number of nitrogens with one attached hydrogen (secondary N) is 2. The zero-order chi connectivity index (χ0) is 23.3. The fourth-order valence-electron chi connectivity index (χ4n) is 3.38. The first kappa shape index (κ1) is 22.7. The summed E-state index contributed by atoms with van der Waals surface area (Å²) < 4.78 is 17.1. The molecule has 1 aliphatic heterocycles. The lowest BCUT2D eigenvalue weighted by Crippen LogP contribution is -2.47. The van der Waals surface area contributed by atoms with Crippen LogP contribution in [-0.4, -0.2) is 47.5 Å². The summed E-state index contributed by atoms with van der Waals surface area (Å²) in [5.41, 5.74) is 1.52. The van der Waals surface area contributed by atoms with Gasteiger partial charge in [0.05, 0.1) is 49.1 Å². The smallest absolute Gasteiger partial charge is 0.338 e. The Labute approximate surface area is 183 Å². The quantitative estimate of drug-likeness (QED) is 0.337. The number of benzene rings is 1. The fraction of sp³-hybridized carbons (Fsp3) is 0.350. The highest BCUT2D eigenvalue weighted by Crippen LogP contribution is 2.32. The van der Waals surface area contributed by atoms with Crippen LogP contribution in [0.25, 0.3) is 0 Å². The van der Waals surface area contributed by atoms with Gasteiger partial charge in [-0.3, -0.25) is 14.8 Å². The normalized spacial score (nSPS) is 15.7. The number of ether oxygens (including phenoxy) is 3. The van der Waals surface area contributed by atoms with E-state index in [1.54, 1.807) is 32.2 Å². The number of nitrogens with zero attached hydrogens (tertiary/aromatic N) is 3. The highest BCUT2D eigenvalue weighted by Gasteiger charge is 2.34. The molecular weight excluding hydrogens is 422 g/mol. The summed E-state index contributed by atoms with van der Waals surface area (Å²) in [7, 11) is 3.08.